The van der Waals surface area contributed by atoms with Crippen LogP contribution in [0.3, 0.4) is 0 Å². The molecule has 7 heteroatoms. The minimum Gasteiger partial charge on any atom is -0.481 e. The lowest BCUT2D eigenvalue weighted by Crippen LogP contribution is -2.38. The second kappa shape index (κ2) is 10.6. The summed E-state index contributed by atoms with van der Waals surface area (Å²) in [6.45, 7) is 5.51. The molecule has 30 heavy (non-hydrogen) atoms. The zero-order valence-electron chi connectivity index (χ0n) is 18.2. The molecule has 7 nitrogen and oxygen atoms in total. The standard InChI is InChI=1S/C23H35N3O4/c1-3-16(2)30-23-19(22(29)24-18-9-5-4-6-10-18)11-12-20(25-23)26-13-7-8-17(15-26)14-21(27)28/h11-12,16-18H,3-10,13-15H2,1-2H3,(H,24,29)(H,27,28)/t16?,17-/m0/s1. The summed E-state index contributed by atoms with van der Waals surface area (Å²) in [6.07, 6.45) is 8.41. The van der Waals surface area contributed by atoms with Gasteiger partial charge in [-0.2, -0.15) is 4.98 Å². The van der Waals surface area contributed by atoms with Gasteiger partial charge in [0.2, 0.25) is 5.88 Å². The Morgan fingerprint density at radius 1 is 1.23 bits per heavy atom. The van der Waals surface area contributed by atoms with Gasteiger partial charge in [-0.3, -0.25) is 9.59 Å². The molecule has 0 aromatic carbocycles. The van der Waals surface area contributed by atoms with Gasteiger partial charge in [0.05, 0.1) is 6.10 Å². The summed E-state index contributed by atoms with van der Waals surface area (Å²) in [7, 11) is 0. The first-order valence-electron chi connectivity index (χ1n) is 11.4. The minimum absolute atomic E-state index is 0.0462. The number of nitrogens with zero attached hydrogens (tertiary/aromatic N) is 2. The van der Waals surface area contributed by atoms with Crippen LogP contribution < -0.4 is 15.0 Å². The van der Waals surface area contributed by atoms with Gasteiger partial charge in [0.15, 0.2) is 0 Å². The van der Waals surface area contributed by atoms with E-state index in [0.717, 1.165) is 57.3 Å². The largest absolute Gasteiger partial charge is 0.481 e. The number of carbonyl (C=O) groups excluding carboxylic acids is 1. The van der Waals surface area contributed by atoms with Gasteiger partial charge in [-0.15, -0.1) is 0 Å². The molecule has 3 rings (SSSR count). The summed E-state index contributed by atoms with van der Waals surface area (Å²) in [5.41, 5.74) is 0.476. The Morgan fingerprint density at radius 3 is 2.70 bits per heavy atom. The molecule has 1 aliphatic carbocycles. The smallest absolute Gasteiger partial charge is 0.303 e. The summed E-state index contributed by atoms with van der Waals surface area (Å²) in [5.74, 6) is 0.353. The molecule has 2 aliphatic rings. The maximum absolute atomic E-state index is 13.0. The van der Waals surface area contributed by atoms with Gasteiger partial charge >= 0.3 is 5.97 Å². The number of piperidine rings is 1. The van der Waals surface area contributed by atoms with Crippen molar-refractivity contribution in [2.75, 3.05) is 18.0 Å². The average molecular weight is 418 g/mol. The third kappa shape index (κ3) is 6.09. The number of carboxylic acids is 1. The highest BCUT2D eigenvalue weighted by molar-refractivity contribution is 5.96. The van der Waals surface area contributed by atoms with E-state index in [2.05, 4.69) is 10.2 Å². The third-order valence-corrected chi connectivity index (χ3v) is 6.22. The summed E-state index contributed by atoms with van der Waals surface area (Å²) in [5, 5.41) is 12.3. The van der Waals surface area contributed by atoms with Gasteiger partial charge in [0.25, 0.3) is 5.91 Å². The number of carboxylic acid groups (broad SMARTS) is 1. The molecule has 2 fully saturated rings. The number of pyridine rings is 1. The topological polar surface area (TPSA) is 91.8 Å². The van der Waals surface area contributed by atoms with Crippen molar-refractivity contribution in [3.8, 4) is 5.88 Å². The number of rotatable bonds is 8. The van der Waals surface area contributed by atoms with E-state index < -0.39 is 5.97 Å². The lowest BCUT2D eigenvalue weighted by molar-refractivity contribution is -0.138. The average Bonchev–Trinajstić information content (AvgIpc) is 2.74. The highest BCUT2D eigenvalue weighted by Gasteiger charge is 2.26. The number of anilines is 1. The fraction of sp³-hybridized carbons (Fsp3) is 0.696. The van der Waals surface area contributed by atoms with Crippen molar-refractivity contribution in [1.29, 1.82) is 0 Å². The molecule has 0 spiro atoms. The fourth-order valence-electron chi connectivity index (χ4n) is 4.34. The molecule has 1 unspecified atom stereocenters. The van der Waals surface area contributed by atoms with Crippen LogP contribution in [0.1, 0.15) is 82.0 Å². The third-order valence-electron chi connectivity index (χ3n) is 6.22. The summed E-state index contributed by atoms with van der Waals surface area (Å²) < 4.78 is 6.04. The number of amides is 1. The Morgan fingerprint density at radius 2 is 2.00 bits per heavy atom. The van der Waals surface area contributed by atoms with Crippen molar-refractivity contribution in [1.82, 2.24) is 10.3 Å². The van der Waals surface area contributed by atoms with Crippen LogP contribution in [0.5, 0.6) is 5.88 Å². The second-order valence-electron chi connectivity index (χ2n) is 8.72. The Kier molecular flexibility index (Phi) is 7.94. The molecule has 1 saturated carbocycles. The van der Waals surface area contributed by atoms with Crippen molar-refractivity contribution in [2.45, 2.75) is 83.8 Å². The van der Waals surface area contributed by atoms with E-state index in [9.17, 15) is 9.59 Å². The van der Waals surface area contributed by atoms with Gasteiger partial charge in [-0.25, -0.2) is 0 Å². The zero-order valence-corrected chi connectivity index (χ0v) is 18.2. The van der Waals surface area contributed by atoms with Gasteiger partial charge in [-0.1, -0.05) is 26.2 Å². The van der Waals surface area contributed by atoms with Gasteiger partial charge < -0.3 is 20.1 Å². The van der Waals surface area contributed by atoms with E-state index in [1.165, 1.54) is 6.42 Å². The predicted octanol–water partition coefficient (Wildman–Crippen LogP) is 4.01. The Bertz CT molecular complexity index is 733. The van der Waals surface area contributed by atoms with Crippen LogP contribution in [0.2, 0.25) is 0 Å². The van der Waals surface area contributed by atoms with E-state index in [1.54, 1.807) is 6.07 Å². The first-order valence-corrected chi connectivity index (χ1v) is 11.4. The van der Waals surface area contributed by atoms with Crippen LogP contribution in [-0.2, 0) is 4.79 Å². The number of hydrogen-bond acceptors (Lipinski definition) is 5. The first-order chi connectivity index (χ1) is 14.5. The monoisotopic (exact) mass is 417 g/mol. The van der Waals surface area contributed by atoms with Crippen LogP contribution in [0.4, 0.5) is 5.82 Å². The first kappa shape index (κ1) is 22.4. The maximum Gasteiger partial charge on any atom is 0.303 e. The Labute approximate surface area is 179 Å². The Hall–Kier alpha value is -2.31. The van der Waals surface area contributed by atoms with Crippen molar-refractivity contribution < 1.29 is 19.4 Å². The fourth-order valence-corrected chi connectivity index (χ4v) is 4.34. The number of aliphatic carboxylic acids is 1. The molecule has 2 atom stereocenters. The summed E-state index contributed by atoms with van der Waals surface area (Å²) in [4.78, 5) is 30.9. The summed E-state index contributed by atoms with van der Waals surface area (Å²) in [6, 6.07) is 3.89. The Balaban J connectivity index is 1.78. The van der Waals surface area contributed by atoms with Crippen LogP contribution in [-0.4, -0.2) is 47.2 Å². The van der Waals surface area contributed by atoms with Crippen molar-refractivity contribution in [3.05, 3.63) is 17.7 Å². The van der Waals surface area contributed by atoms with Crippen molar-refractivity contribution in [3.63, 3.8) is 0 Å². The molecule has 1 aromatic heterocycles. The maximum atomic E-state index is 13.0. The van der Waals surface area contributed by atoms with Gasteiger partial charge in [-0.05, 0) is 57.1 Å². The molecule has 166 valence electrons. The molecule has 1 amide bonds. The van der Waals surface area contributed by atoms with Crippen LogP contribution in [0.15, 0.2) is 12.1 Å². The molecule has 0 bridgehead atoms. The van der Waals surface area contributed by atoms with Gasteiger partial charge in [0, 0.05) is 25.6 Å². The van der Waals surface area contributed by atoms with Crippen molar-refractivity contribution >= 4 is 17.7 Å². The lowest BCUT2D eigenvalue weighted by atomic mass is 9.95. The van der Waals surface area contributed by atoms with E-state index in [1.807, 2.05) is 19.9 Å². The molecule has 0 radical (unpaired) electrons. The van der Waals surface area contributed by atoms with Gasteiger partial charge in [0.1, 0.15) is 11.4 Å². The predicted molar refractivity (Wildman–Crippen MR) is 116 cm³/mol. The van der Waals surface area contributed by atoms with Crippen LogP contribution >= 0.6 is 0 Å². The lowest BCUT2D eigenvalue weighted by Gasteiger charge is -2.33. The van der Waals surface area contributed by atoms with E-state index in [4.69, 9.17) is 14.8 Å². The minimum atomic E-state index is -0.759. The second-order valence-corrected chi connectivity index (χ2v) is 8.72. The molecule has 1 aromatic rings. The van der Waals surface area contributed by atoms with E-state index >= 15 is 0 Å². The highest BCUT2D eigenvalue weighted by Crippen LogP contribution is 2.28. The SMILES string of the molecule is CCC(C)Oc1nc(N2CCC[C@@H](CC(=O)O)C2)ccc1C(=O)NC1CCCCC1. The molecule has 2 heterocycles. The normalized spacial score (nSPS) is 21.1. The van der Waals surface area contributed by atoms with Crippen LogP contribution in [0.25, 0.3) is 0 Å². The molecular weight excluding hydrogens is 382 g/mol. The van der Waals surface area contributed by atoms with E-state index in [0.29, 0.717) is 18.0 Å². The molecular formula is C23H35N3O4. The summed E-state index contributed by atoms with van der Waals surface area (Å²) >= 11 is 0. The van der Waals surface area contributed by atoms with Crippen LogP contribution in [0, 0.1) is 5.92 Å². The zero-order chi connectivity index (χ0) is 21.5. The van der Waals surface area contributed by atoms with Crippen molar-refractivity contribution in [2.24, 2.45) is 5.92 Å². The highest BCUT2D eigenvalue weighted by atomic mass is 16.5. The molecule has 1 aliphatic heterocycles. The number of hydrogen-bond donors (Lipinski definition) is 2. The number of aromatic nitrogens is 1. The van der Waals surface area contributed by atoms with E-state index in [-0.39, 0.29) is 30.4 Å². The number of nitrogens with one attached hydrogen (secondary N) is 1. The quantitative estimate of drug-likeness (QED) is 0.664. The molecule has 2 N–H and O–H groups in total. The molecule has 1 saturated heterocycles. The number of carbonyl (C=O) groups is 2. The number of ether oxygens (including phenoxy) is 1.